The molecule has 5 rings (SSSR count). The van der Waals surface area contributed by atoms with Crippen molar-refractivity contribution >= 4 is 40.7 Å². The van der Waals surface area contributed by atoms with Crippen LogP contribution in [0.2, 0.25) is 5.02 Å². The predicted molar refractivity (Wildman–Crippen MR) is 134 cm³/mol. The van der Waals surface area contributed by atoms with E-state index >= 15 is 8.78 Å². The largest absolute Gasteiger partial charge is 0.481 e. The van der Waals surface area contributed by atoms with E-state index in [1.165, 1.54) is 30.6 Å². The Bertz CT molecular complexity index is 1320. The lowest BCUT2D eigenvalue weighted by Gasteiger charge is -2.40. The SMILES string of the molecule is COC(=O)C1=C(CN2[C@@H]3C[C@H](CC(=O)O)C[C@@H]2C(F)(F)C3)NC(c2nccs2)=N[C@H]1c1ccc(Cl)c(F)c1. The Labute approximate surface area is 225 Å². The molecule has 0 unspecified atom stereocenters. The van der Waals surface area contributed by atoms with Crippen LogP contribution in [0.3, 0.4) is 0 Å². The second kappa shape index (κ2) is 10.3. The molecule has 2 N–H and O–H groups in total. The number of carbonyl (C=O) groups is 2. The van der Waals surface area contributed by atoms with Crippen molar-refractivity contribution in [3.05, 3.63) is 62.5 Å². The molecule has 38 heavy (non-hydrogen) atoms. The third-order valence-electron chi connectivity index (χ3n) is 7.26. The summed E-state index contributed by atoms with van der Waals surface area (Å²) in [6.45, 7) is -0.0634. The van der Waals surface area contributed by atoms with Crippen LogP contribution in [0.15, 0.2) is 46.0 Å². The standard InChI is InChI=1S/C25H24ClF3N4O4S/c1-37-24(36)20-17(11-33-14-6-12(8-19(34)35)7-18(33)25(28,29)10-14)31-22(23-30-4-5-38-23)32-21(20)13-2-3-15(26)16(27)9-13/h2-5,9,12,14,18,21H,6-8,10-11H2,1H3,(H,31,32)(H,34,35)/t12-,14+,18+,21-/m0/s1. The number of nitrogens with one attached hydrogen (secondary N) is 1. The fraction of sp³-hybridized carbons (Fsp3) is 0.440. The van der Waals surface area contributed by atoms with Crippen molar-refractivity contribution in [2.45, 2.75) is 49.7 Å². The van der Waals surface area contributed by atoms with Gasteiger partial charge in [-0.2, -0.15) is 0 Å². The van der Waals surface area contributed by atoms with Crippen LogP contribution in [0.5, 0.6) is 0 Å². The molecule has 8 nitrogen and oxygen atoms in total. The van der Waals surface area contributed by atoms with E-state index in [1.807, 2.05) is 0 Å². The van der Waals surface area contributed by atoms with Gasteiger partial charge in [0.25, 0.3) is 5.92 Å². The number of fused-ring (bicyclic) bond motifs is 2. The molecule has 0 spiro atoms. The Kier molecular flexibility index (Phi) is 7.23. The van der Waals surface area contributed by atoms with Crippen molar-refractivity contribution < 1.29 is 32.6 Å². The normalized spacial score (nSPS) is 26.6. The van der Waals surface area contributed by atoms with Crippen LogP contribution in [0.1, 0.15) is 42.3 Å². The summed E-state index contributed by atoms with van der Waals surface area (Å²) >= 11 is 7.16. The minimum absolute atomic E-state index is 0.0237. The predicted octanol–water partition coefficient (Wildman–Crippen LogP) is 4.42. The molecule has 0 aliphatic carbocycles. The number of aliphatic carboxylic acids is 1. The van der Waals surface area contributed by atoms with Crippen molar-refractivity contribution in [2.24, 2.45) is 10.9 Å². The highest BCUT2D eigenvalue weighted by Crippen LogP contribution is 2.49. The van der Waals surface area contributed by atoms with Crippen molar-refractivity contribution in [2.75, 3.05) is 13.7 Å². The van der Waals surface area contributed by atoms with Gasteiger partial charge in [-0.25, -0.2) is 22.9 Å². The number of carbonyl (C=O) groups excluding carboxylic acids is 1. The smallest absolute Gasteiger partial charge is 0.338 e. The number of piperidine rings is 1. The monoisotopic (exact) mass is 568 g/mol. The number of aliphatic imine (C=N–C) groups is 1. The minimum Gasteiger partial charge on any atom is -0.481 e. The first-order valence-corrected chi connectivity index (χ1v) is 13.2. The van der Waals surface area contributed by atoms with Crippen LogP contribution in [0.4, 0.5) is 13.2 Å². The highest BCUT2D eigenvalue weighted by atomic mass is 35.5. The summed E-state index contributed by atoms with van der Waals surface area (Å²) in [6.07, 6.45) is 1.34. The molecule has 2 saturated heterocycles. The maximum absolute atomic E-state index is 15.1. The summed E-state index contributed by atoms with van der Waals surface area (Å²) in [6, 6.07) is 1.31. The first-order chi connectivity index (χ1) is 18.1. The number of carboxylic acids is 1. The van der Waals surface area contributed by atoms with Crippen LogP contribution in [-0.2, 0) is 14.3 Å². The zero-order valence-electron chi connectivity index (χ0n) is 20.2. The number of amidine groups is 1. The van der Waals surface area contributed by atoms with Crippen LogP contribution in [-0.4, -0.2) is 64.4 Å². The number of methoxy groups -OCH3 is 1. The Morgan fingerprint density at radius 1 is 1.34 bits per heavy atom. The Balaban J connectivity index is 1.56. The first-order valence-electron chi connectivity index (χ1n) is 11.9. The molecule has 2 aromatic rings. The van der Waals surface area contributed by atoms with Gasteiger partial charge in [0.2, 0.25) is 0 Å². The van der Waals surface area contributed by atoms with E-state index < -0.39 is 48.2 Å². The number of alkyl halides is 2. The quantitative estimate of drug-likeness (QED) is 0.477. The van der Waals surface area contributed by atoms with Crippen molar-refractivity contribution in [1.82, 2.24) is 15.2 Å². The fourth-order valence-electron chi connectivity index (χ4n) is 5.67. The summed E-state index contributed by atoms with van der Waals surface area (Å²) in [5, 5.41) is 14.5. The third kappa shape index (κ3) is 5.04. The highest BCUT2D eigenvalue weighted by Gasteiger charge is 2.57. The molecule has 2 bridgehead atoms. The molecule has 1 aromatic heterocycles. The number of thiazole rings is 1. The number of hydrogen-bond acceptors (Lipinski definition) is 8. The Morgan fingerprint density at radius 3 is 2.76 bits per heavy atom. The van der Waals surface area contributed by atoms with Crippen molar-refractivity contribution in [3.8, 4) is 0 Å². The number of ether oxygens (including phenoxy) is 1. The van der Waals surface area contributed by atoms with E-state index in [0.29, 0.717) is 28.5 Å². The summed E-state index contributed by atoms with van der Waals surface area (Å²) in [5.41, 5.74) is 0.681. The molecule has 1 aromatic carbocycles. The molecular weight excluding hydrogens is 545 g/mol. The number of benzene rings is 1. The lowest BCUT2D eigenvalue weighted by Crippen LogP contribution is -2.50. The third-order valence-corrected chi connectivity index (χ3v) is 8.34. The lowest BCUT2D eigenvalue weighted by molar-refractivity contribution is -0.139. The molecule has 0 saturated carbocycles. The Hall–Kier alpha value is -2.96. The molecule has 3 aliphatic rings. The number of nitrogens with zero attached hydrogens (tertiary/aromatic N) is 3. The lowest BCUT2D eigenvalue weighted by atomic mass is 9.87. The molecule has 2 fully saturated rings. The number of halogens is 4. The summed E-state index contributed by atoms with van der Waals surface area (Å²) in [5.74, 6) is -5.52. The molecule has 4 heterocycles. The number of carboxylic acid groups (broad SMARTS) is 1. The van der Waals surface area contributed by atoms with Gasteiger partial charge in [0.1, 0.15) is 11.9 Å². The van der Waals surface area contributed by atoms with E-state index in [1.54, 1.807) is 22.5 Å². The molecule has 13 heteroatoms. The minimum atomic E-state index is -3.01. The van der Waals surface area contributed by atoms with Crippen LogP contribution >= 0.6 is 22.9 Å². The second-order valence-corrected chi connectivity index (χ2v) is 10.9. The molecule has 0 radical (unpaired) electrons. The number of aromatic nitrogens is 1. The van der Waals surface area contributed by atoms with E-state index in [2.05, 4.69) is 15.3 Å². The van der Waals surface area contributed by atoms with Crippen molar-refractivity contribution in [1.29, 1.82) is 0 Å². The van der Waals surface area contributed by atoms with Gasteiger partial charge >= 0.3 is 11.9 Å². The van der Waals surface area contributed by atoms with Gasteiger partial charge in [-0.05, 0) is 36.5 Å². The topological polar surface area (TPSA) is 104 Å². The zero-order valence-corrected chi connectivity index (χ0v) is 21.7. The van der Waals surface area contributed by atoms with Gasteiger partial charge in [0.15, 0.2) is 10.8 Å². The number of hydrogen-bond donors (Lipinski definition) is 2. The van der Waals surface area contributed by atoms with Gasteiger partial charge in [-0.3, -0.25) is 14.7 Å². The molecular formula is C25H24ClF3N4O4S. The van der Waals surface area contributed by atoms with Gasteiger partial charge < -0.3 is 15.2 Å². The average molecular weight is 569 g/mol. The van der Waals surface area contributed by atoms with Gasteiger partial charge in [-0.1, -0.05) is 17.7 Å². The molecule has 4 atom stereocenters. The summed E-state index contributed by atoms with van der Waals surface area (Å²) in [4.78, 5) is 34.9. The zero-order chi connectivity index (χ0) is 27.2. The number of esters is 1. The Morgan fingerprint density at radius 2 is 2.13 bits per heavy atom. The fourth-order valence-corrected chi connectivity index (χ4v) is 6.37. The van der Waals surface area contributed by atoms with E-state index in [4.69, 9.17) is 16.3 Å². The molecule has 3 aliphatic heterocycles. The van der Waals surface area contributed by atoms with E-state index in [0.717, 1.165) is 0 Å². The summed E-state index contributed by atoms with van der Waals surface area (Å²) in [7, 11) is 1.20. The van der Waals surface area contributed by atoms with Gasteiger partial charge in [-0.15, -0.1) is 11.3 Å². The van der Waals surface area contributed by atoms with Crippen LogP contribution in [0, 0.1) is 11.7 Å². The first kappa shape index (κ1) is 26.6. The van der Waals surface area contributed by atoms with E-state index in [-0.39, 0.29) is 35.9 Å². The summed E-state index contributed by atoms with van der Waals surface area (Å²) < 4.78 is 49.6. The maximum Gasteiger partial charge on any atom is 0.338 e. The molecule has 0 amide bonds. The van der Waals surface area contributed by atoms with E-state index in [9.17, 15) is 19.1 Å². The van der Waals surface area contributed by atoms with Gasteiger partial charge in [0.05, 0.1) is 23.7 Å². The number of rotatable bonds is 7. The van der Waals surface area contributed by atoms with Crippen LogP contribution < -0.4 is 5.32 Å². The maximum atomic E-state index is 15.1. The second-order valence-electron chi connectivity index (χ2n) is 9.64. The van der Waals surface area contributed by atoms with Crippen molar-refractivity contribution in [3.63, 3.8) is 0 Å². The van der Waals surface area contributed by atoms with Gasteiger partial charge in [0, 0.05) is 42.7 Å². The average Bonchev–Trinajstić information content (AvgIpc) is 3.44. The highest BCUT2D eigenvalue weighted by molar-refractivity contribution is 7.11. The molecule has 202 valence electrons. The van der Waals surface area contributed by atoms with Crippen LogP contribution in [0.25, 0.3) is 0 Å².